The minimum atomic E-state index is -0.771. The zero-order valence-corrected chi connectivity index (χ0v) is 10.9. The zero-order chi connectivity index (χ0) is 13.6. The van der Waals surface area contributed by atoms with Gasteiger partial charge in [0.05, 0.1) is 5.69 Å². The zero-order valence-electron chi connectivity index (χ0n) is 10.9. The SMILES string of the molecule is CC.CC(C)(C)C(=O)Nc1ccc(F)cc1F. The number of halogens is 2. The van der Waals surface area contributed by atoms with Crippen molar-refractivity contribution >= 4 is 11.6 Å². The number of amides is 1. The lowest BCUT2D eigenvalue weighted by molar-refractivity contribution is -0.123. The maximum atomic E-state index is 13.1. The summed E-state index contributed by atoms with van der Waals surface area (Å²) in [5, 5.41) is 2.40. The summed E-state index contributed by atoms with van der Waals surface area (Å²) < 4.78 is 25.7. The molecule has 0 saturated heterocycles. The van der Waals surface area contributed by atoms with Gasteiger partial charge in [-0.05, 0) is 12.1 Å². The standard InChI is InChI=1S/C11H13F2NO.C2H6/c1-11(2,3)10(15)14-9-5-4-7(12)6-8(9)13;1-2/h4-6H,1-3H3,(H,14,15);1-2H3. The van der Waals surface area contributed by atoms with E-state index in [9.17, 15) is 13.6 Å². The first-order valence-corrected chi connectivity index (χ1v) is 5.57. The molecule has 1 rings (SSSR count). The predicted molar refractivity (Wildman–Crippen MR) is 65.8 cm³/mol. The van der Waals surface area contributed by atoms with Gasteiger partial charge in [-0.1, -0.05) is 34.6 Å². The van der Waals surface area contributed by atoms with Crippen LogP contribution in [-0.2, 0) is 4.79 Å². The molecule has 0 atom stereocenters. The average molecular weight is 243 g/mol. The molecule has 1 amide bonds. The summed E-state index contributed by atoms with van der Waals surface area (Å²) in [6.45, 7) is 9.14. The van der Waals surface area contributed by atoms with Crippen LogP contribution in [-0.4, -0.2) is 5.91 Å². The van der Waals surface area contributed by atoms with Crippen molar-refractivity contribution in [2.45, 2.75) is 34.6 Å². The maximum Gasteiger partial charge on any atom is 0.229 e. The average Bonchev–Trinajstić information content (AvgIpc) is 2.23. The second kappa shape index (κ2) is 6.33. The monoisotopic (exact) mass is 243 g/mol. The second-order valence-corrected chi connectivity index (χ2v) is 4.33. The lowest BCUT2D eigenvalue weighted by Gasteiger charge is -2.17. The summed E-state index contributed by atoms with van der Waals surface area (Å²) in [7, 11) is 0. The molecule has 0 unspecified atom stereocenters. The summed E-state index contributed by atoms with van der Waals surface area (Å²) in [4.78, 5) is 11.5. The Hall–Kier alpha value is -1.45. The van der Waals surface area contributed by atoms with Crippen LogP contribution in [0.25, 0.3) is 0 Å². The largest absolute Gasteiger partial charge is 0.323 e. The van der Waals surface area contributed by atoms with Crippen molar-refractivity contribution in [3.63, 3.8) is 0 Å². The van der Waals surface area contributed by atoms with Crippen LogP contribution >= 0.6 is 0 Å². The third-order valence-electron chi connectivity index (χ3n) is 1.86. The van der Waals surface area contributed by atoms with Crippen LogP contribution in [0, 0.1) is 17.0 Å². The number of carbonyl (C=O) groups excluding carboxylic acids is 1. The lowest BCUT2D eigenvalue weighted by atomic mass is 9.95. The Bertz CT molecular complexity index is 383. The highest BCUT2D eigenvalue weighted by Crippen LogP contribution is 2.20. The van der Waals surface area contributed by atoms with Gasteiger partial charge in [0, 0.05) is 11.5 Å². The van der Waals surface area contributed by atoms with E-state index in [1.807, 2.05) is 13.8 Å². The number of nitrogens with one attached hydrogen (secondary N) is 1. The van der Waals surface area contributed by atoms with E-state index in [0.29, 0.717) is 0 Å². The first kappa shape index (κ1) is 15.6. The number of rotatable bonds is 1. The van der Waals surface area contributed by atoms with Crippen molar-refractivity contribution in [3.8, 4) is 0 Å². The van der Waals surface area contributed by atoms with Gasteiger partial charge in [-0.2, -0.15) is 0 Å². The van der Waals surface area contributed by atoms with E-state index < -0.39 is 17.0 Å². The van der Waals surface area contributed by atoms with E-state index in [-0.39, 0.29) is 11.6 Å². The van der Waals surface area contributed by atoms with Crippen LogP contribution in [0.4, 0.5) is 14.5 Å². The smallest absolute Gasteiger partial charge is 0.229 e. The number of carbonyl (C=O) groups is 1. The molecule has 0 fully saturated rings. The van der Waals surface area contributed by atoms with Crippen molar-refractivity contribution in [1.82, 2.24) is 0 Å². The number of benzene rings is 1. The Morgan fingerprint density at radius 2 is 1.71 bits per heavy atom. The normalized spacial score (nSPS) is 10.3. The summed E-state index contributed by atoms with van der Waals surface area (Å²) >= 11 is 0. The lowest BCUT2D eigenvalue weighted by Crippen LogP contribution is -2.28. The molecule has 1 N–H and O–H groups in total. The Labute approximate surface area is 101 Å². The molecule has 0 saturated carbocycles. The molecular weight excluding hydrogens is 224 g/mol. The van der Waals surface area contributed by atoms with Gasteiger partial charge in [-0.3, -0.25) is 4.79 Å². The van der Waals surface area contributed by atoms with E-state index in [4.69, 9.17) is 0 Å². The Kier molecular flexibility index (Phi) is 5.79. The molecule has 0 heterocycles. The predicted octanol–water partition coefficient (Wildman–Crippen LogP) is 3.98. The summed E-state index contributed by atoms with van der Waals surface area (Å²) in [5.41, 5.74) is -0.614. The minimum absolute atomic E-state index is 0.00340. The summed E-state index contributed by atoms with van der Waals surface area (Å²) in [6, 6.07) is 3.04. The van der Waals surface area contributed by atoms with Crippen LogP contribution in [0.15, 0.2) is 18.2 Å². The van der Waals surface area contributed by atoms with Gasteiger partial charge in [-0.25, -0.2) is 8.78 Å². The fourth-order valence-corrected chi connectivity index (χ4v) is 0.901. The molecule has 17 heavy (non-hydrogen) atoms. The minimum Gasteiger partial charge on any atom is -0.323 e. The Morgan fingerprint density at radius 1 is 1.18 bits per heavy atom. The molecule has 2 nitrogen and oxygen atoms in total. The van der Waals surface area contributed by atoms with Crippen LogP contribution in [0.3, 0.4) is 0 Å². The molecule has 0 aliphatic rings. The van der Waals surface area contributed by atoms with Crippen LogP contribution in [0.2, 0.25) is 0 Å². The highest BCUT2D eigenvalue weighted by atomic mass is 19.1. The maximum absolute atomic E-state index is 13.1. The third kappa shape index (κ3) is 4.93. The van der Waals surface area contributed by atoms with Crippen molar-refractivity contribution < 1.29 is 13.6 Å². The number of anilines is 1. The molecule has 0 bridgehead atoms. The molecule has 0 aliphatic heterocycles. The number of hydrogen-bond donors (Lipinski definition) is 1. The van der Waals surface area contributed by atoms with Crippen LogP contribution < -0.4 is 5.32 Å². The van der Waals surface area contributed by atoms with Crippen molar-refractivity contribution in [1.29, 1.82) is 0 Å². The van der Waals surface area contributed by atoms with Crippen LogP contribution in [0.5, 0.6) is 0 Å². The Balaban J connectivity index is 0.00000121. The number of hydrogen-bond acceptors (Lipinski definition) is 1. The molecule has 1 aromatic rings. The molecular formula is C13H19F2NO. The molecule has 0 aliphatic carbocycles. The van der Waals surface area contributed by atoms with Crippen molar-refractivity contribution in [3.05, 3.63) is 29.8 Å². The van der Waals surface area contributed by atoms with Gasteiger partial charge >= 0.3 is 0 Å². The summed E-state index contributed by atoms with van der Waals surface area (Å²) in [5.74, 6) is -1.75. The molecule has 1 aromatic carbocycles. The van der Waals surface area contributed by atoms with E-state index >= 15 is 0 Å². The fourth-order valence-electron chi connectivity index (χ4n) is 0.901. The van der Waals surface area contributed by atoms with Gasteiger partial charge in [0.1, 0.15) is 11.6 Å². The van der Waals surface area contributed by atoms with E-state index in [1.165, 1.54) is 6.07 Å². The molecule has 96 valence electrons. The molecule has 4 heteroatoms. The first-order valence-electron chi connectivity index (χ1n) is 5.57. The van der Waals surface area contributed by atoms with Gasteiger partial charge in [0.15, 0.2) is 0 Å². The van der Waals surface area contributed by atoms with Gasteiger partial charge in [0.2, 0.25) is 5.91 Å². The highest BCUT2D eigenvalue weighted by molar-refractivity contribution is 5.94. The van der Waals surface area contributed by atoms with Crippen molar-refractivity contribution in [2.75, 3.05) is 5.32 Å². The van der Waals surface area contributed by atoms with E-state index in [2.05, 4.69) is 5.32 Å². The molecule has 0 radical (unpaired) electrons. The van der Waals surface area contributed by atoms with E-state index in [1.54, 1.807) is 20.8 Å². The Morgan fingerprint density at radius 3 is 2.12 bits per heavy atom. The van der Waals surface area contributed by atoms with Gasteiger partial charge in [-0.15, -0.1) is 0 Å². The van der Waals surface area contributed by atoms with Gasteiger partial charge in [0.25, 0.3) is 0 Å². The molecule has 0 aromatic heterocycles. The second-order valence-electron chi connectivity index (χ2n) is 4.33. The topological polar surface area (TPSA) is 29.1 Å². The third-order valence-corrected chi connectivity index (χ3v) is 1.86. The van der Waals surface area contributed by atoms with E-state index in [0.717, 1.165) is 12.1 Å². The van der Waals surface area contributed by atoms with Gasteiger partial charge < -0.3 is 5.32 Å². The first-order chi connectivity index (χ1) is 7.80. The summed E-state index contributed by atoms with van der Waals surface area (Å²) in [6.07, 6.45) is 0. The quantitative estimate of drug-likeness (QED) is 0.794. The van der Waals surface area contributed by atoms with Crippen LogP contribution in [0.1, 0.15) is 34.6 Å². The fraction of sp³-hybridized carbons (Fsp3) is 0.462. The molecule has 0 spiro atoms. The highest BCUT2D eigenvalue weighted by Gasteiger charge is 2.22. The van der Waals surface area contributed by atoms with Crippen molar-refractivity contribution in [2.24, 2.45) is 5.41 Å².